The van der Waals surface area contributed by atoms with Crippen LogP contribution in [0.15, 0.2) is 219 Å². The third kappa shape index (κ3) is 15.5. The molecule has 0 radical (unpaired) electrons. The van der Waals surface area contributed by atoms with E-state index in [0.717, 1.165) is 12.8 Å². The fourth-order valence-corrected chi connectivity index (χ4v) is 13.1. The van der Waals surface area contributed by atoms with Gasteiger partial charge in [0, 0.05) is 118 Å². The number of rotatable bonds is 10. The fraction of sp³-hybridized carbons (Fsp3) is 0.286. The molecule has 0 N–H and O–H groups in total. The Hall–Kier alpha value is -9.40. The number of hydrogen-bond acceptors (Lipinski definition) is 0. The van der Waals surface area contributed by atoms with Gasteiger partial charge in [-0.1, -0.05) is 108 Å². The standard InChI is InChI=1S/2C23H29N2.C20H23N2.C18H19N2/c1-17-12-13-18(16-23(2,3)4)15-19(17)20-9-7-10-22(25(20)6)21-11-8-14-24(21)5;1-17-10-7-8-11-19(17)21-14-18(16-23(2,3)4)15-22(25(21)6)20-12-9-13-24(20)5;1-14-12-15(2)20(16(3)13-14)19-9-6-8-18(22(19)5)17-10-7-11-21(17)4;1-14-8-4-5-9-15(14)16-10-6-11-18(20(16)3)17-12-7-13-19(17)2/h2*7-15H,16H2,1-6H3;6-13H,1-5H3;4-13H,1-3H3/q4*+1. The molecule has 92 heavy (non-hydrogen) atoms. The second-order valence-corrected chi connectivity index (χ2v) is 27.8. The fourth-order valence-electron chi connectivity index (χ4n) is 13.1. The van der Waals surface area contributed by atoms with Gasteiger partial charge in [0.05, 0.1) is 5.56 Å². The SMILES string of the molecule is Cc1cc(C)c(-c2cccc(-c3cccn3C)[n+]2C)c(C)c1.Cc1ccc(CC(C)(C)C)cc1-c1cccc(-c2cccn2C)[n+]1C.Cc1ccccc1-c1cc(CC(C)(C)C)cc(-c2cccn2C)[n+]1C.Cc1ccccc1-c1cccc(-c2cccn2C)[n+]1C. The summed E-state index contributed by atoms with van der Waals surface area (Å²) in [6.45, 7) is 26.9. The van der Waals surface area contributed by atoms with Crippen LogP contribution in [0.2, 0.25) is 0 Å². The van der Waals surface area contributed by atoms with Crippen LogP contribution in [0.3, 0.4) is 0 Å². The topological polar surface area (TPSA) is 35.2 Å². The van der Waals surface area contributed by atoms with E-state index >= 15 is 0 Å². The minimum Gasteiger partial charge on any atom is -0.346 e. The second kappa shape index (κ2) is 28.4. The summed E-state index contributed by atoms with van der Waals surface area (Å²) in [6, 6.07) is 69.9. The molecule has 0 aliphatic carbocycles. The van der Waals surface area contributed by atoms with Crippen molar-refractivity contribution in [3.05, 3.63) is 263 Å². The Morgan fingerprint density at radius 1 is 0.283 bits per heavy atom. The zero-order valence-electron chi connectivity index (χ0n) is 58.8. The largest absolute Gasteiger partial charge is 0.346 e. The van der Waals surface area contributed by atoms with Gasteiger partial charge in [-0.15, -0.1) is 0 Å². The maximum absolute atomic E-state index is 2.37. The summed E-state index contributed by atoms with van der Waals surface area (Å²) in [6.07, 6.45) is 10.5. The average Bonchev–Trinajstić information content (AvgIpc) is 1.21. The molecule has 12 aromatic rings. The Labute approximate surface area is 550 Å². The number of aryl methyl sites for hydroxylation is 10. The van der Waals surface area contributed by atoms with Gasteiger partial charge in [0.2, 0.25) is 45.6 Å². The van der Waals surface area contributed by atoms with E-state index in [2.05, 4.69) is 395 Å². The number of benzene rings is 4. The highest BCUT2D eigenvalue weighted by atomic mass is 15.0. The van der Waals surface area contributed by atoms with Crippen LogP contribution in [0, 0.1) is 52.4 Å². The number of nitrogens with zero attached hydrogens (tertiary/aromatic N) is 8. The van der Waals surface area contributed by atoms with Crippen molar-refractivity contribution < 1.29 is 18.3 Å². The third-order valence-corrected chi connectivity index (χ3v) is 17.7. The van der Waals surface area contributed by atoms with Gasteiger partial charge in [0.25, 0.3) is 0 Å². The zero-order valence-corrected chi connectivity index (χ0v) is 58.8. The summed E-state index contributed by atoms with van der Waals surface area (Å²) in [7, 11) is 17.0. The molecule has 8 heterocycles. The van der Waals surface area contributed by atoms with E-state index in [-0.39, 0.29) is 5.41 Å². The summed E-state index contributed by atoms with van der Waals surface area (Å²) in [4.78, 5) is 0. The van der Waals surface area contributed by atoms with E-state index < -0.39 is 0 Å². The molecular weight excluding hydrogens is 1120 g/mol. The first-order valence-electron chi connectivity index (χ1n) is 32.5. The van der Waals surface area contributed by atoms with Gasteiger partial charge in [0.1, 0.15) is 51.0 Å². The van der Waals surface area contributed by atoms with E-state index in [4.69, 9.17) is 0 Å². The lowest BCUT2D eigenvalue weighted by molar-refractivity contribution is -0.649. The molecule has 8 heteroatoms. The molecule has 0 spiro atoms. The van der Waals surface area contributed by atoms with Gasteiger partial charge in [0.15, 0.2) is 0 Å². The van der Waals surface area contributed by atoms with E-state index in [0.29, 0.717) is 5.41 Å². The van der Waals surface area contributed by atoms with E-state index in [1.54, 1.807) is 0 Å². The third-order valence-electron chi connectivity index (χ3n) is 17.7. The molecule has 0 bridgehead atoms. The quantitative estimate of drug-likeness (QED) is 0.122. The number of aromatic nitrogens is 8. The Morgan fingerprint density at radius 3 is 1.03 bits per heavy atom. The Balaban J connectivity index is 0.000000145. The maximum atomic E-state index is 2.37. The molecule has 8 aromatic heterocycles. The summed E-state index contributed by atoms with van der Waals surface area (Å²) in [5, 5.41) is 0. The van der Waals surface area contributed by atoms with Crippen molar-refractivity contribution >= 4 is 0 Å². The van der Waals surface area contributed by atoms with Crippen LogP contribution in [0.1, 0.15) is 86.1 Å². The van der Waals surface area contributed by atoms with Gasteiger partial charge < -0.3 is 18.3 Å². The van der Waals surface area contributed by atoms with Gasteiger partial charge >= 0.3 is 0 Å². The highest BCUT2D eigenvalue weighted by molar-refractivity contribution is 5.69. The van der Waals surface area contributed by atoms with Crippen molar-refractivity contribution in [3.63, 3.8) is 0 Å². The van der Waals surface area contributed by atoms with Gasteiger partial charge in [-0.05, 0) is 189 Å². The molecule has 0 saturated carbocycles. The predicted octanol–water partition coefficient (Wildman–Crippen LogP) is 17.8. The zero-order chi connectivity index (χ0) is 66.3. The van der Waals surface area contributed by atoms with Crippen LogP contribution in [0.5, 0.6) is 0 Å². The smallest absolute Gasteiger partial charge is 0.229 e. The van der Waals surface area contributed by atoms with Crippen LogP contribution in [0.4, 0.5) is 0 Å². The van der Waals surface area contributed by atoms with Crippen LogP contribution >= 0.6 is 0 Å². The van der Waals surface area contributed by atoms with Gasteiger partial charge in [-0.25, -0.2) is 0 Å². The molecule has 0 atom stereocenters. The van der Waals surface area contributed by atoms with Crippen molar-refractivity contribution in [2.45, 2.75) is 95.9 Å². The first kappa shape index (κ1) is 67.0. The second-order valence-electron chi connectivity index (χ2n) is 27.8. The summed E-state index contributed by atoms with van der Waals surface area (Å²) >= 11 is 0. The average molecular weight is 1220 g/mol. The van der Waals surface area contributed by atoms with Crippen molar-refractivity contribution in [2.24, 2.45) is 67.2 Å². The van der Waals surface area contributed by atoms with Crippen LogP contribution < -0.4 is 18.3 Å². The molecule has 0 fully saturated rings. The van der Waals surface area contributed by atoms with E-state index in [1.165, 1.54) is 135 Å². The molecule has 0 amide bonds. The highest BCUT2D eigenvalue weighted by Crippen LogP contribution is 2.32. The minimum atomic E-state index is 0.258. The molecule has 0 aliphatic rings. The molecular formula is C84H100N8+4. The molecule has 0 unspecified atom stereocenters. The van der Waals surface area contributed by atoms with Crippen molar-refractivity contribution in [1.29, 1.82) is 0 Å². The maximum Gasteiger partial charge on any atom is 0.229 e. The molecule has 8 nitrogen and oxygen atoms in total. The summed E-state index contributed by atoms with van der Waals surface area (Å²) in [5.41, 5.74) is 31.4. The lowest BCUT2D eigenvalue weighted by Crippen LogP contribution is -2.35. The van der Waals surface area contributed by atoms with Crippen molar-refractivity contribution in [3.8, 4) is 90.6 Å². The van der Waals surface area contributed by atoms with Gasteiger partial charge in [-0.2, -0.15) is 18.3 Å². The minimum absolute atomic E-state index is 0.258. The van der Waals surface area contributed by atoms with Crippen molar-refractivity contribution in [1.82, 2.24) is 18.3 Å². The lowest BCUT2D eigenvalue weighted by atomic mass is 9.87. The molecule has 4 aromatic carbocycles. The predicted molar refractivity (Wildman–Crippen MR) is 385 cm³/mol. The van der Waals surface area contributed by atoms with Crippen molar-refractivity contribution in [2.75, 3.05) is 0 Å². The molecule has 472 valence electrons. The van der Waals surface area contributed by atoms with Gasteiger partial charge in [-0.3, -0.25) is 0 Å². The first-order valence-corrected chi connectivity index (χ1v) is 32.5. The van der Waals surface area contributed by atoms with Crippen LogP contribution in [-0.4, -0.2) is 18.3 Å². The number of pyridine rings is 4. The highest BCUT2D eigenvalue weighted by Gasteiger charge is 2.26. The molecule has 12 rings (SSSR count). The van der Waals surface area contributed by atoms with E-state index in [9.17, 15) is 0 Å². The summed E-state index contributed by atoms with van der Waals surface area (Å²) < 4.78 is 17.9. The monoisotopic (exact) mass is 1220 g/mol. The molecule has 0 saturated heterocycles. The Bertz CT molecular complexity index is 4510. The Kier molecular flexibility index (Phi) is 20.7. The lowest BCUT2D eigenvalue weighted by Gasteiger charge is -2.19. The number of hydrogen-bond donors (Lipinski definition) is 0. The normalized spacial score (nSPS) is 11.3. The summed E-state index contributed by atoms with van der Waals surface area (Å²) in [5.74, 6) is 0. The Morgan fingerprint density at radius 2 is 0.620 bits per heavy atom. The first-order chi connectivity index (χ1) is 43.7. The van der Waals surface area contributed by atoms with Crippen LogP contribution in [-0.2, 0) is 69.2 Å². The van der Waals surface area contributed by atoms with E-state index in [1.807, 2.05) is 0 Å². The molecule has 0 aliphatic heterocycles. The van der Waals surface area contributed by atoms with Crippen LogP contribution in [0.25, 0.3) is 90.6 Å².